The molecule has 1 amide bonds. The van der Waals surface area contributed by atoms with E-state index in [0.717, 1.165) is 47.4 Å². The van der Waals surface area contributed by atoms with Gasteiger partial charge >= 0.3 is 0 Å². The Labute approximate surface area is 189 Å². The van der Waals surface area contributed by atoms with Gasteiger partial charge in [0.25, 0.3) is 0 Å². The number of aryl methyl sites for hydroxylation is 1. The summed E-state index contributed by atoms with van der Waals surface area (Å²) in [5.74, 6) is 0.377. The van der Waals surface area contributed by atoms with Gasteiger partial charge in [0.1, 0.15) is 5.82 Å². The molecule has 0 aliphatic carbocycles. The van der Waals surface area contributed by atoms with Crippen molar-refractivity contribution in [3.05, 3.63) is 59.9 Å². The van der Waals surface area contributed by atoms with Crippen LogP contribution in [-0.4, -0.2) is 54.7 Å². The Bertz CT molecular complexity index is 1040. The minimum absolute atomic E-state index is 0.0184. The van der Waals surface area contributed by atoms with Gasteiger partial charge in [-0.2, -0.15) is 0 Å². The van der Waals surface area contributed by atoms with Gasteiger partial charge in [-0.1, -0.05) is 32.0 Å². The van der Waals surface area contributed by atoms with Crippen LogP contribution < -0.4 is 5.32 Å². The number of nitrogens with zero attached hydrogens (tertiary/aromatic N) is 1. The van der Waals surface area contributed by atoms with Crippen LogP contribution in [0.2, 0.25) is 0 Å². The average molecular weight is 438 g/mol. The maximum absolute atomic E-state index is 13.4. The molecule has 2 N–H and O–H groups in total. The van der Waals surface area contributed by atoms with E-state index in [1.165, 1.54) is 12.1 Å². The Morgan fingerprint density at radius 1 is 1.22 bits per heavy atom. The molecule has 5 nitrogen and oxygen atoms in total. The van der Waals surface area contributed by atoms with Crippen molar-refractivity contribution in [2.45, 2.75) is 32.8 Å². The molecule has 4 rings (SSSR count). The van der Waals surface area contributed by atoms with Gasteiger partial charge in [0, 0.05) is 49.2 Å². The normalized spacial score (nSPS) is 17.2. The topological polar surface area (TPSA) is 57.4 Å². The average Bonchev–Trinajstić information content (AvgIpc) is 3.15. The molecule has 32 heavy (non-hydrogen) atoms. The van der Waals surface area contributed by atoms with E-state index in [0.29, 0.717) is 31.9 Å². The number of carbonyl (C=O) groups excluding carboxylic acids is 1. The molecule has 0 saturated carbocycles. The van der Waals surface area contributed by atoms with Crippen molar-refractivity contribution in [2.24, 2.45) is 5.92 Å². The first kappa shape index (κ1) is 22.5. The first-order valence-electron chi connectivity index (χ1n) is 11.5. The third-order valence-electron chi connectivity index (χ3n) is 5.92. The van der Waals surface area contributed by atoms with Crippen molar-refractivity contribution in [3.8, 4) is 11.3 Å². The molecule has 1 fully saturated rings. The zero-order chi connectivity index (χ0) is 22.5. The number of para-hydroxylation sites is 1. The number of H-pyrrole nitrogens is 1. The van der Waals surface area contributed by atoms with Crippen molar-refractivity contribution in [3.63, 3.8) is 0 Å². The smallest absolute Gasteiger partial charge is 0.220 e. The van der Waals surface area contributed by atoms with Gasteiger partial charge in [0.15, 0.2) is 0 Å². The fourth-order valence-electron chi connectivity index (χ4n) is 4.46. The number of ether oxygens (including phenoxy) is 1. The number of amides is 1. The number of nitrogens with one attached hydrogen (secondary N) is 2. The Hall–Kier alpha value is -2.70. The van der Waals surface area contributed by atoms with Crippen LogP contribution in [0.3, 0.4) is 0 Å². The molecular weight excluding hydrogens is 405 g/mol. The van der Waals surface area contributed by atoms with Gasteiger partial charge in [0.2, 0.25) is 5.91 Å². The third kappa shape index (κ3) is 5.56. The lowest BCUT2D eigenvalue weighted by Crippen LogP contribution is -2.48. The lowest BCUT2D eigenvalue weighted by Gasteiger charge is -2.33. The maximum atomic E-state index is 13.4. The minimum atomic E-state index is -0.261. The van der Waals surface area contributed by atoms with Gasteiger partial charge < -0.3 is 15.0 Å². The number of fused-ring (bicyclic) bond motifs is 1. The SMILES string of the molecule is CC(C)CN1CCOC(CNC(=O)CCc2c(-c3ccc(F)cc3)[nH]c3ccccc23)C1. The second-order valence-corrected chi connectivity index (χ2v) is 8.98. The highest BCUT2D eigenvalue weighted by molar-refractivity contribution is 5.91. The number of hydrogen-bond acceptors (Lipinski definition) is 3. The Balaban J connectivity index is 1.39. The fourth-order valence-corrected chi connectivity index (χ4v) is 4.46. The molecule has 2 aromatic carbocycles. The number of morpholine rings is 1. The number of carbonyl (C=O) groups is 1. The predicted octanol–water partition coefficient (Wildman–Crippen LogP) is 4.38. The fraction of sp³-hybridized carbons (Fsp3) is 0.423. The number of rotatable bonds is 8. The standard InChI is InChI=1S/C26H32FN3O2/c1-18(2)16-30-13-14-32-21(17-30)15-28-25(31)12-11-23-22-5-3-4-6-24(22)29-26(23)19-7-9-20(27)10-8-19/h3-10,18,21,29H,11-17H2,1-2H3,(H,28,31). The minimum Gasteiger partial charge on any atom is -0.374 e. The molecule has 6 heteroatoms. The molecule has 1 unspecified atom stereocenters. The molecular formula is C26H32FN3O2. The van der Waals surface area contributed by atoms with Gasteiger partial charge in [-0.05, 0) is 53.8 Å². The zero-order valence-corrected chi connectivity index (χ0v) is 18.9. The second-order valence-electron chi connectivity index (χ2n) is 8.98. The molecule has 1 saturated heterocycles. The molecule has 170 valence electrons. The predicted molar refractivity (Wildman–Crippen MR) is 126 cm³/mol. The van der Waals surface area contributed by atoms with Crippen LogP contribution in [0.4, 0.5) is 4.39 Å². The zero-order valence-electron chi connectivity index (χ0n) is 18.9. The quantitative estimate of drug-likeness (QED) is 0.550. The summed E-state index contributed by atoms with van der Waals surface area (Å²) in [5.41, 5.74) is 3.96. The summed E-state index contributed by atoms with van der Waals surface area (Å²) < 4.78 is 19.3. The van der Waals surface area contributed by atoms with E-state index in [2.05, 4.69) is 35.1 Å². The van der Waals surface area contributed by atoms with Crippen molar-refractivity contribution < 1.29 is 13.9 Å². The maximum Gasteiger partial charge on any atom is 0.220 e. The Morgan fingerprint density at radius 3 is 2.78 bits per heavy atom. The Morgan fingerprint density at radius 2 is 2.00 bits per heavy atom. The van der Waals surface area contributed by atoms with Crippen molar-refractivity contribution in [1.29, 1.82) is 0 Å². The highest BCUT2D eigenvalue weighted by atomic mass is 19.1. The van der Waals surface area contributed by atoms with Crippen molar-refractivity contribution >= 4 is 16.8 Å². The molecule has 1 atom stereocenters. The monoisotopic (exact) mass is 437 g/mol. The van der Waals surface area contributed by atoms with Crippen molar-refractivity contribution in [2.75, 3.05) is 32.8 Å². The molecule has 2 heterocycles. The summed E-state index contributed by atoms with van der Waals surface area (Å²) in [6.45, 7) is 8.55. The molecule has 1 aliphatic rings. The van der Waals surface area contributed by atoms with E-state index in [4.69, 9.17) is 4.74 Å². The van der Waals surface area contributed by atoms with E-state index in [1.54, 1.807) is 12.1 Å². The van der Waals surface area contributed by atoms with Crippen LogP contribution >= 0.6 is 0 Å². The number of aromatic amines is 1. The highest BCUT2D eigenvalue weighted by Gasteiger charge is 2.21. The molecule has 0 radical (unpaired) electrons. The van der Waals surface area contributed by atoms with Crippen LogP contribution in [-0.2, 0) is 16.0 Å². The summed E-state index contributed by atoms with van der Waals surface area (Å²) in [4.78, 5) is 18.5. The largest absolute Gasteiger partial charge is 0.374 e. The van der Waals surface area contributed by atoms with Crippen LogP contribution in [0.15, 0.2) is 48.5 Å². The molecule has 1 aromatic heterocycles. The molecule has 1 aliphatic heterocycles. The first-order valence-corrected chi connectivity index (χ1v) is 11.5. The molecule has 0 spiro atoms. The summed E-state index contributed by atoms with van der Waals surface area (Å²) in [6, 6.07) is 14.5. The summed E-state index contributed by atoms with van der Waals surface area (Å²) in [7, 11) is 0. The second kappa shape index (κ2) is 10.3. The number of hydrogen-bond donors (Lipinski definition) is 2. The third-order valence-corrected chi connectivity index (χ3v) is 5.92. The van der Waals surface area contributed by atoms with Gasteiger partial charge in [0.05, 0.1) is 12.7 Å². The lowest BCUT2D eigenvalue weighted by molar-refractivity contribution is -0.122. The number of benzene rings is 2. The Kier molecular flexibility index (Phi) is 7.22. The van der Waals surface area contributed by atoms with Gasteiger partial charge in [-0.15, -0.1) is 0 Å². The van der Waals surface area contributed by atoms with E-state index < -0.39 is 0 Å². The van der Waals surface area contributed by atoms with Gasteiger partial charge in [-0.3, -0.25) is 9.69 Å². The summed E-state index contributed by atoms with van der Waals surface area (Å²) >= 11 is 0. The lowest BCUT2D eigenvalue weighted by atomic mass is 10.0. The van der Waals surface area contributed by atoms with Crippen LogP contribution in [0.25, 0.3) is 22.2 Å². The summed E-state index contributed by atoms with van der Waals surface area (Å²) in [5, 5.41) is 4.15. The van der Waals surface area contributed by atoms with E-state index in [-0.39, 0.29) is 17.8 Å². The van der Waals surface area contributed by atoms with E-state index in [1.807, 2.05) is 18.2 Å². The van der Waals surface area contributed by atoms with Crippen molar-refractivity contribution in [1.82, 2.24) is 15.2 Å². The van der Waals surface area contributed by atoms with Crippen LogP contribution in [0.5, 0.6) is 0 Å². The van der Waals surface area contributed by atoms with E-state index in [9.17, 15) is 9.18 Å². The highest BCUT2D eigenvalue weighted by Crippen LogP contribution is 2.31. The molecule has 0 bridgehead atoms. The van der Waals surface area contributed by atoms with E-state index >= 15 is 0 Å². The van der Waals surface area contributed by atoms with Gasteiger partial charge in [-0.25, -0.2) is 4.39 Å². The number of halogens is 1. The van der Waals surface area contributed by atoms with Crippen LogP contribution in [0, 0.1) is 11.7 Å². The number of aromatic nitrogens is 1. The van der Waals surface area contributed by atoms with Crippen LogP contribution in [0.1, 0.15) is 25.8 Å². The molecule has 3 aromatic rings. The summed E-state index contributed by atoms with van der Waals surface area (Å²) in [6.07, 6.45) is 1.03. The first-order chi connectivity index (χ1) is 15.5.